The van der Waals surface area contributed by atoms with Crippen molar-refractivity contribution >= 4 is 16.0 Å². The molecule has 0 bridgehead atoms. The molecule has 0 unspecified atom stereocenters. The number of carbonyl (C=O) groups is 1. The van der Waals surface area contributed by atoms with Crippen molar-refractivity contribution in [1.82, 2.24) is 4.72 Å². The lowest BCUT2D eigenvalue weighted by Gasteiger charge is -2.09. The van der Waals surface area contributed by atoms with Crippen LogP contribution in [0.4, 0.5) is 0 Å². The standard InChI is InChI=1S/C14H17NO4S/c1-3-5-6-9-15-20(18,19)12-8-7-11(4-2)13(10-12)14(16)17/h1,7-8,10,15H,4-6,9H2,2H3,(H,16,17). The summed E-state index contributed by atoms with van der Waals surface area (Å²) in [4.78, 5) is 11.1. The predicted molar refractivity (Wildman–Crippen MR) is 76.0 cm³/mol. The van der Waals surface area contributed by atoms with Crippen LogP contribution in [0.15, 0.2) is 23.1 Å². The normalized spacial score (nSPS) is 11.0. The molecule has 0 atom stereocenters. The number of hydrogen-bond acceptors (Lipinski definition) is 3. The van der Waals surface area contributed by atoms with Crippen molar-refractivity contribution in [2.24, 2.45) is 0 Å². The van der Waals surface area contributed by atoms with Crippen LogP contribution in [0.5, 0.6) is 0 Å². The van der Waals surface area contributed by atoms with Gasteiger partial charge in [0.2, 0.25) is 10.0 Å². The van der Waals surface area contributed by atoms with Crippen LogP contribution in [0.1, 0.15) is 35.7 Å². The summed E-state index contributed by atoms with van der Waals surface area (Å²) in [5.74, 6) is 1.29. The van der Waals surface area contributed by atoms with E-state index in [1.807, 2.05) is 6.92 Å². The molecule has 0 aromatic heterocycles. The van der Waals surface area contributed by atoms with Crippen LogP contribution in [0.2, 0.25) is 0 Å². The topological polar surface area (TPSA) is 83.5 Å². The maximum Gasteiger partial charge on any atom is 0.336 e. The maximum absolute atomic E-state index is 12.0. The highest BCUT2D eigenvalue weighted by Crippen LogP contribution is 2.17. The molecule has 1 aromatic carbocycles. The number of carboxylic acid groups (broad SMARTS) is 1. The number of terminal acetylenes is 1. The Kier molecular flexibility index (Phi) is 5.74. The van der Waals surface area contributed by atoms with Crippen LogP contribution in [0.25, 0.3) is 0 Å². The van der Waals surface area contributed by atoms with E-state index >= 15 is 0 Å². The van der Waals surface area contributed by atoms with Crippen molar-refractivity contribution in [2.45, 2.75) is 31.1 Å². The molecular formula is C14H17NO4S. The molecule has 0 heterocycles. The predicted octanol–water partition coefficient (Wildman–Crippen LogP) is 1.64. The summed E-state index contributed by atoms with van der Waals surface area (Å²) < 4.78 is 26.4. The van der Waals surface area contributed by atoms with Gasteiger partial charge in [0, 0.05) is 13.0 Å². The monoisotopic (exact) mass is 295 g/mol. The number of carboxylic acids is 1. The Bertz CT molecular complexity index is 629. The lowest BCUT2D eigenvalue weighted by atomic mass is 10.1. The van der Waals surface area contributed by atoms with Crippen molar-refractivity contribution in [2.75, 3.05) is 6.54 Å². The lowest BCUT2D eigenvalue weighted by molar-refractivity contribution is 0.0695. The number of hydrogen-bond donors (Lipinski definition) is 2. The Labute approximate surface area is 119 Å². The van der Waals surface area contributed by atoms with E-state index in [0.29, 0.717) is 24.8 Å². The molecule has 1 rings (SSSR count). The molecule has 0 saturated carbocycles. The van der Waals surface area contributed by atoms with Crippen molar-refractivity contribution < 1.29 is 18.3 Å². The largest absolute Gasteiger partial charge is 0.478 e. The first-order chi connectivity index (χ1) is 9.42. The van der Waals surface area contributed by atoms with Gasteiger partial charge >= 0.3 is 5.97 Å². The number of sulfonamides is 1. The summed E-state index contributed by atoms with van der Waals surface area (Å²) in [6.07, 6.45) is 6.63. The average molecular weight is 295 g/mol. The number of aryl methyl sites for hydroxylation is 1. The average Bonchev–Trinajstić information content (AvgIpc) is 2.42. The zero-order chi connectivity index (χ0) is 15.2. The third-order valence-corrected chi connectivity index (χ3v) is 4.25. The molecule has 6 heteroatoms. The van der Waals surface area contributed by atoms with E-state index in [0.717, 1.165) is 0 Å². The molecule has 0 aliphatic rings. The van der Waals surface area contributed by atoms with E-state index in [4.69, 9.17) is 11.5 Å². The summed E-state index contributed by atoms with van der Waals surface area (Å²) in [7, 11) is -3.70. The number of benzene rings is 1. The highest BCUT2D eigenvalue weighted by molar-refractivity contribution is 7.89. The van der Waals surface area contributed by atoms with E-state index in [1.165, 1.54) is 18.2 Å². The highest BCUT2D eigenvalue weighted by atomic mass is 32.2. The van der Waals surface area contributed by atoms with Gasteiger partial charge in [0.15, 0.2) is 0 Å². The summed E-state index contributed by atoms with van der Waals surface area (Å²) in [5, 5.41) is 9.10. The van der Waals surface area contributed by atoms with E-state index in [-0.39, 0.29) is 17.0 Å². The number of nitrogens with one attached hydrogen (secondary N) is 1. The molecule has 0 aliphatic carbocycles. The van der Waals surface area contributed by atoms with Gasteiger partial charge in [-0.3, -0.25) is 0 Å². The van der Waals surface area contributed by atoms with Gasteiger partial charge < -0.3 is 5.11 Å². The molecule has 1 aromatic rings. The second-order valence-electron chi connectivity index (χ2n) is 4.18. The summed E-state index contributed by atoms with van der Waals surface area (Å²) in [6, 6.07) is 4.12. The van der Waals surface area contributed by atoms with Gasteiger partial charge in [0.1, 0.15) is 0 Å². The fraction of sp³-hybridized carbons (Fsp3) is 0.357. The number of unbranched alkanes of at least 4 members (excludes halogenated alkanes) is 1. The van der Waals surface area contributed by atoms with E-state index in [1.54, 1.807) is 0 Å². The molecule has 0 amide bonds. The van der Waals surface area contributed by atoms with Gasteiger partial charge in [0.25, 0.3) is 0 Å². The molecular weight excluding hydrogens is 278 g/mol. The number of rotatable bonds is 7. The molecule has 0 radical (unpaired) electrons. The van der Waals surface area contributed by atoms with Crippen molar-refractivity contribution in [1.29, 1.82) is 0 Å². The molecule has 0 saturated heterocycles. The highest BCUT2D eigenvalue weighted by Gasteiger charge is 2.17. The Balaban J connectivity index is 2.99. The van der Waals surface area contributed by atoms with Crippen LogP contribution in [0.3, 0.4) is 0 Å². The van der Waals surface area contributed by atoms with Gasteiger partial charge in [-0.05, 0) is 30.5 Å². The summed E-state index contributed by atoms with van der Waals surface area (Å²) >= 11 is 0. The van der Waals surface area contributed by atoms with Gasteiger partial charge in [0.05, 0.1) is 10.5 Å². The van der Waals surface area contributed by atoms with E-state index in [9.17, 15) is 13.2 Å². The minimum Gasteiger partial charge on any atom is -0.478 e. The first-order valence-corrected chi connectivity index (χ1v) is 7.70. The van der Waals surface area contributed by atoms with E-state index in [2.05, 4.69) is 10.6 Å². The molecule has 5 nitrogen and oxygen atoms in total. The first kappa shape index (κ1) is 16.2. The van der Waals surface area contributed by atoms with Crippen molar-refractivity contribution in [3.8, 4) is 12.3 Å². The third kappa shape index (κ3) is 4.08. The zero-order valence-corrected chi connectivity index (χ0v) is 12.0. The molecule has 0 spiro atoms. The molecule has 2 N–H and O–H groups in total. The molecule has 0 fully saturated rings. The first-order valence-electron chi connectivity index (χ1n) is 6.21. The van der Waals surface area contributed by atoms with Gasteiger partial charge in [-0.15, -0.1) is 12.3 Å². The molecule has 20 heavy (non-hydrogen) atoms. The van der Waals surface area contributed by atoms with Crippen LogP contribution >= 0.6 is 0 Å². The zero-order valence-electron chi connectivity index (χ0n) is 11.2. The van der Waals surface area contributed by atoms with Crippen LogP contribution in [-0.2, 0) is 16.4 Å². The van der Waals surface area contributed by atoms with Gasteiger partial charge in [-0.1, -0.05) is 13.0 Å². The Hall–Kier alpha value is -1.84. The van der Waals surface area contributed by atoms with Crippen LogP contribution in [0, 0.1) is 12.3 Å². The van der Waals surface area contributed by atoms with Crippen LogP contribution in [-0.4, -0.2) is 26.0 Å². The van der Waals surface area contributed by atoms with Gasteiger partial charge in [-0.2, -0.15) is 0 Å². The smallest absolute Gasteiger partial charge is 0.336 e. The van der Waals surface area contributed by atoms with Crippen molar-refractivity contribution in [3.05, 3.63) is 29.3 Å². The van der Waals surface area contributed by atoms with E-state index < -0.39 is 16.0 Å². The summed E-state index contributed by atoms with van der Waals surface area (Å²) in [6.45, 7) is 2.04. The Morgan fingerprint density at radius 2 is 2.15 bits per heavy atom. The SMILES string of the molecule is C#CCCCNS(=O)(=O)c1ccc(CC)c(C(=O)O)c1. The second-order valence-corrected chi connectivity index (χ2v) is 5.95. The van der Waals surface area contributed by atoms with Gasteiger partial charge in [-0.25, -0.2) is 17.9 Å². The minimum atomic E-state index is -3.70. The third-order valence-electron chi connectivity index (χ3n) is 2.79. The minimum absolute atomic E-state index is 0.0130. The lowest BCUT2D eigenvalue weighted by Crippen LogP contribution is -2.25. The number of aromatic carboxylic acids is 1. The quantitative estimate of drug-likeness (QED) is 0.591. The summed E-state index contributed by atoms with van der Waals surface area (Å²) in [5.41, 5.74) is 0.614. The Morgan fingerprint density at radius 3 is 2.70 bits per heavy atom. The van der Waals surface area contributed by atoms with Crippen molar-refractivity contribution in [3.63, 3.8) is 0 Å². The molecule has 108 valence electrons. The fourth-order valence-corrected chi connectivity index (χ4v) is 2.81. The second kappa shape index (κ2) is 7.08. The molecule has 0 aliphatic heterocycles. The maximum atomic E-state index is 12.0. The fourth-order valence-electron chi connectivity index (χ4n) is 1.71. The Morgan fingerprint density at radius 1 is 1.45 bits per heavy atom. The van der Waals surface area contributed by atoms with Crippen LogP contribution < -0.4 is 4.72 Å².